The molecule has 0 bridgehead atoms. The van der Waals surface area contributed by atoms with Gasteiger partial charge in [0.15, 0.2) is 0 Å². The maximum atomic E-state index is 6.05. The van der Waals surface area contributed by atoms with Gasteiger partial charge >= 0.3 is 0 Å². The van der Waals surface area contributed by atoms with E-state index in [0.29, 0.717) is 12.0 Å². The van der Waals surface area contributed by atoms with Crippen LogP contribution in [0.1, 0.15) is 43.4 Å². The summed E-state index contributed by atoms with van der Waals surface area (Å²) in [5.41, 5.74) is 2.55. The third-order valence-corrected chi connectivity index (χ3v) is 5.14. The van der Waals surface area contributed by atoms with E-state index in [4.69, 9.17) is 9.47 Å². The third-order valence-electron chi connectivity index (χ3n) is 5.14. The molecule has 1 N–H and O–H groups in total. The van der Waals surface area contributed by atoms with Crippen LogP contribution < -0.4 is 5.32 Å². The molecule has 21 heavy (non-hydrogen) atoms. The number of ether oxygens (including phenoxy) is 2. The van der Waals surface area contributed by atoms with Gasteiger partial charge in [-0.05, 0) is 31.0 Å². The number of rotatable bonds is 5. The molecule has 1 aliphatic carbocycles. The van der Waals surface area contributed by atoms with Crippen LogP contribution >= 0.6 is 0 Å². The number of hydrogen-bond acceptors (Lipinski definition) is 4. The minimum atomic E-state index is -0.127. The first kappa shape index (κ1) is 14.9. The maximum absolute atomic E-state index is 6.05. The molecule has 1 saturated heterocycles. The summed E-state index contributed by atoms with van der Waals surface area (Å²) in [7, 11) is 1.85. The molecule has 1 fully saturated rings. The molecule has 2 atom stereocenters. The maximum Gasteiger partial charge on any atom is 0.0881 e. The third kappa shape index (κ3) is 2.72. The Morgan fingerprint density at radius 3 is 3.00 bits per heavy atom. The van der Waals surface area contributed by atoms with Crippen molar-refractivity contribution in [2.24, 2.45) is 0 Å². The molecule has 2 heterocycles. The highest BCUT2D eigenvalue weighted by Gasteiger charge is 2.46. The fourth-order valence-electron chi connectivity index (χ4n) is 4.04. The zero-order valence-electron chi connectivity index (χ0n) is 13.1. The fourth-order valence-corrected chi connectivity index (χ4v) is 4.04. The molecule has 4 nitrogen and oxygen atoms in total. The second-order valence-electron chi connectivity index (χ2n) is 6.11. The molecule has 0 aromatic carbocycles. The number of nitrogens with zero attached hydrogens (tertiary/aromatic N) is 1. The van der Waals surface area contributed by atoms with E-state index in [-0.39, 0.29) is 5.60 Å². The molecule has 4 heteroatoms. The van der Waals surface area contributed by atoms with Crippen LogP contribution in [-0.4, -0.2) is 43.5 Å². The van der Waals surface area contributed by atoms with Crippen molar-refractivity contribution < 1.29 is 9.47 Å². The zero-order chi connectivity index (χ0) is 14.7. The van der Waals surface area contributed by atoms with E-state index >= 15 is 0 Å². The van der Waals surface area contributed by atoms with E-state index in [0.717, 1.165) is 45.4 Å². The molecule has 0 radical (unpaired) electrons. The number of fused-ring (bicyclic) bond motifs is 1. The van der Waals surface area contributed by atoms with Crippen LogP contribution in [0.25, 0.3) is 0 Å². The molecule has 1 aromatic rings. The number of aromatic nitrogens is 1. The van der Waals surface area contributed by atoms with Gasteiger partial charge in [0.05, 0.1) is 5.60 Å². The van der Waals surface area contributed by atoms with Crippen LogP contribution in [0.3, 0.4) is 0 Å². The Kier molecular flexibility index (Phi) is 4.57. The van der Waals surface area contributed by atoms with Gasteiger partial charge in [0, 0.05) is 57.0 Å². The van der Waals surface area contributed by atoms with Gasteiger partial charge in [0.1, 0.15) is 0 Å². The first-order valence-electron chi connectivity index (χ1n) is 8.11. The Morgan fingerprint density at radius 1 is 1.48 bits per heavy atom. The van der Waals surface area contributed by atoms with Crippen molar-refractivity contribution in [2.75, 3.05) is 26.9 Å². The summed E-state index contributed by atoms with van der Waals surface area (Å²) in [4.78, 5) is 4.68. The van der Waals surface area contributed by atoms with Crippen LogP contribution in [-0.2, 0) is 15.9 Å². The van der Waals surface area contributed by atoms with Gasteiger partial charge in [-0.2, -0.15) is 0 Å². The standard InChI is InChI=1S/C17H26N2O2/c1-3-18-16(17(20-2)8-11-21-12-9-17)14-7-6-13-5-4-10-19-15(13)14/h4-5,10,14,16,18H,3,6-9,11-12H2,1-2H3. The zero-order valence-corrected chi connectivity index (χ0v) is 13.1. The highest BCUT2D eigenvalue weighted by Crippen LogP contribution is 2.41. The van der Waals surface area contributed by atoms with Gasteiger partial charge in [-0.3, -0.25) is 4.98 Å². The second kappa shape index (κ2) is 6.42. The van der Waals surface area contributed by atoms with Crippen LogP contribution in [0.5, 0.6) is 0 Å². The van der Waals surface area contributed by atoms with Crippen molar-refractivity contribution in [2.45, 2.75) is 50.2 Å². The van der Waals surface area contributed by atoms with Crippen molar-refractivity contribution in [3.63, 3.8) is 0 Å². The number of likely N-dealkylation sites (N-methyl/N-ethyl adjacent to an activating group) is 1. The van der Waals surface area contributed by atoms with Gasteiger partial charge in [-0.1, -0.05) is 13.0 Å². The fraction of sp³-hybridized carbons (Fsp3) is 0.706. The molecule has 3 rings (SSSR count). The van der Waals surface area contributed by atoms with Crippen LogP contribution in [0.15, 0.2) is 18.3 Å². The van der Waals surface area contributed by atoms with Gasteiger partial charge in [0.2, 0.25) is 0 Å². The second-order valence-corrected chi connectivity index (χ2v) is 6.11. The van der Waals surface area contributed by atoms with Gasteiger partial charge in [-0.15, -0.1) is 0 Å². The number of methoxy groups -OCH3 is 1. The van der Waals surface area contributed by atoms with E-state index in [2.05, 4.69) is 23.3 Å². The minimum Gasteiger partial charge on any atom is -0.381 e. The molecule has 116 valence electrons. The van der Waals surface area contributed by atoms with Crippen molar-refractivity contribution in [1.29, 1.82) is 0 Å². The quantitative estimate of drug-likeness (QED) is 0.903. The monoisotopic (exact) mass is 290 g/mol. The minimum absolute atomic E-state index is 0.127. The van der Waals surface area contributed by atoms with Crippen molar-refractivity contribution in [3.8, 4) is 0 Å². The summed E-state index contributed by atoms with van der Waals surface area (Å²) in [6.07, 6.45) is 6.13. The van der Waals surface area contributed by atoms with E-state index in [1.807, 2.05) is 19.4 Å². The molecular weight excluding hydrogens is 264 g/mol. The average molecular weight is 290 g/mol. The lowest BCUT2D eigenvalue weighted by Gasteiger charge is -2.45. The predicted octanol–water partition coefficient (Wildman–Crippen LogP) is 2.29. The topological polar surface area (TPSA) is 43.4 Å². The van der Waals surface area contributed by atoms with E-state index < -0.39 is 0 Å². The molecule has 2 aliphatic rings. The smallest absolute Gasteiger partial charge is 0.0881 e. The molecule has 0 spiro atoms. The SMILES string of the molecule is CCNC(C1CCc2cccnc21)C1(OC)CCOCC1. The summed E-state index contributed by atoms with van der Waals surface area (Å²) in [6, 6.07) is 4.58. The summed E-state index contributed by atoms with van der Waals surface area (Å²) in [5, 5.41) is 3.71. The lowest BCUT2D eigenvalue weighted by Crippen LogP contribution is -2.57. The molecule has 0 amide bonds. The first-order valence-corrected chi connectivity index (χ1v) is 8.11. The predicted molar refractivity (Wildman–Crippen MR) is 82.6 cm³/mol. The Balaban J connectivity index is 1.91. The largest absolute Gasteiger partial charge is 0.381 e. The Morgan fingerprint density at radius 2 is 2.29 bits per heavy atom. The Bertz CT molecular complexity index is 472. The van der Waals surface area contributed by atoms with Gasteiger partial charge in [-0.25, -0.2) is 0 Å². The van der Waals surface area contributed by atoms with Crippen molar-refractivity contribution >= 4 is 0 Å². The van der Waals surface area contributed by atoms with Gasteiger partial charge < -0.3 is 14.8 Å². The van der Waals surface area contributed by atoms with Crippen molar-refractivity contribution in [3.05, 3.63) is 29.6 Å². The first-order chi connectivity index (χ1) is 10.3. The number of nitrogens with one attached hydrogen (secondary N) is 1. The lowest BCUT2D eigenvalue weighted by molar-refractivity contribution is -0.115. The van der Waals surface area contributed by atoms with Crippen LogP contribution in [0.4, 0.5) is 0 Å². The Hall–Kier alpha value is -0.970. The molecule has 1 aliphatic heterocycles. The number of hydrogen-bond donors (Lipinski definition) is 1. The molecule has 1 aromatic heterocycles. The number of pyridine rings is 1. The summed E-state index contributed by atoms with van der Waals surface area (Å²) >= 11 is 0. The Labute approximate surface area is 127 Å². The molecule has 0 saturated carbocycles. The van der Waals surface area contributed by atoms with Crippen molar-refractivity contribution in [1.82, 2.24) is 10.3 Å². The summed E-state index contributed by atoms with van der Waals surface area (Å²) < 4.78 is 11.6. The van der Waals surface area contributed by atoms with Crippen LogP contribution in [0, 0.1) is 0 Å². The normalized spacial score (nSPS) is 25.5. The van der Waals surface area contributed by atoms with E-state index in [1.54, 1.807) is 0 Å². The molecular formula is C17H26N2O2. The molecule has 2 unspecified atom stereocenters. The number of aryl methyl sites for hydroxylation is 1. The summed E-state index contributed by atoms with van der Waals surface area (Å²) in [5.74, 6) is 0.444. The van der Waals surface area contributed by atoms with Gasteiger partial charge in [0.25, 0.3) is 0 Å². The van der Waals surface area contributed by atoms with E-state index in [1.165, 1.54) is 11.3 Å². The average Bonchev–Trinajstić information content (AvgIpc) is 2.97. The van der Waals surface area contributed by atoms with Crippen LogP contribution in [0.2, 0.25) is 0 Å². The lowest BCUT2D eigenvalue weighted by atomic mass is 9.77. The highest BCUT2D eigenvalue weighted by atomic mass is 16.5. The summed E-state index contributed by atoms with van der Waals surface area (Å²) in [6.45, 7) is 4.70. The van der Waals surface area contributed by atoms with E-state index in [9.17, 15) is 0 Å². The highest BCUT2D eigenvalue weighted by molar-refractivity contribution is 5.31.